The summed E-state index contributed by atoms with van der Waals surface area (Å²) >= 11 is 0. The van der Waals surface area contributed by atoms with Gasteiger partial charge in [0.25, 0.3) is 11.8 Å². The van der Waals surface area contributed by atoms with Gasteiger partial charge in [-0.1, -0.05) is 79.7 Å². The Labute approximate surface area is 275 Å². The highest BCUT2D eigenvalue weighted by atomic mass is 16.7. The normalized spacial score (nSPS) is 11.7. The van der Waals surface area contributed by atoms with Crippen molar-refractivity contribution in [3.8, 4) is 0 Å². The minimum atomic E-state index is -0.848. The van der Waals surface area contributed by atoms with Gasteiger partial charge in [-0.3, -0.25) is 14.4 Å². The molecule has 9 heteroatoms. The van der Waals surface area contributed by atoms with Crippen molar-refractivity contribution in [1.29, 1.82) is 0 Å². The number of imidazole rings is 1. The van der Waals surface area contributed by atoms with Gasteiger partial charge in [0.15, 0.2) is 0 Å². The molecule has 9 nitrogen and oxygen atoms in total. The number of hydrogen-bond donors (Lipinski definition) is 1. The van der Waals surface area contributed by atoms with Crippen molar-refractivity contribution in [3.63, 3.8) is 0 Å². The molecule has 0 aliphatic rings. The van der Waals surface area contributed by atoms with Crippen molar-refractivity contribution in [2.75, 3.05) is 7.11 Å². The minimum absolute atomic E-state index is 0.216. The smallest absolute Gasteiger partial charge is 0.337 e. The number of nitrogens with one attached hydrogen (secondary N) is 1. The van der Waals surface area contributed by atoms with Crippen molar-refractivity contribution in [3.05, 3.63) is 136 Å². The monoisotopic (exact) mass is 632 g/mol. The average molecular weight is 633 g/mol. The second-order valence-electron chi connectivity index (χ2n) is 11.5. The van der Waals surface area contributed by atoms with Gasteiger partial charge in [0.2, 0.25) is 0 Å². The third kappa shape index (κ3) is 8.12. The highest BCUT2D eigenvalue weighted by molar-refractivity contribution is 6.00. The molecule has 5 rings (SSSR count). The lowest BCUT2D eigenvalue weighted by molar-refractivity contribution is -0.197. The number of carbonyl (C=O) groups excluding carboxylic acids is 3. The van der Waals surface area contributed by atoms with E-state index in [0.29, 0.717) is 23.2 Å². The van der Waals surface area contributed by atoms with Crippen LogP contribution in [0.2, 0.25) is 0 Å². The van der Waals surface area contributed by atoms with Crippen LogP contribution in [-0.2, 0) is 40.5 Å². The van der Waals surface area contributed by atoms with Gasteiger partial charge >= 0.3 is 5.97 Å². The molecule has 0 saturated heterocycles. The zero-order chi connectivity index (χ0) is 33.3. The molecule has 0 radical (unpaired) electrons. The Kier molecular flexibility index (Phi) is 10.8. The summed E-state index contributed by atoms with van der Waals surface area (Å²) in [5.74, 6) is -0.194. The Morgan fingerprint density at radius 3 is 2.17 bits per heavy atom. The van der Waals surface area contributed by atoms with Crippen LogP contribution in [0, 0.1) is 6.92 Å². The molecule has 0 bridgehead atoms. The van der Waals surface area contributed by atoms with Crippen LogP contribution in [0.4, 0.5) is 0 Å². The molecule has 0 saturated carbocycles. The molecule has 242 valence electrons. The standard InChI is InChI=1S/C38H40N4O5/c1-5-12-34-40-33-22-32(21-26(2)35(33)41(34)23-29-17-19-31(20-18-29)38(45)46-4)36(43)39-27(3)37(44)42(24-28-13-8-6-9-14-28)47-25-30-15-10-7-11-16-30/h6-11,13-22,27H,5,12,23-25H2,1-4H3,(H,39,43)/t27-/m1/s1. The quantitative estimate of drug-likeness (QED) is 0.119. The summed E-state index contributed by atoms with van der Waals surface area (Å²) in [6.07, 6.45) is 1.67. The predicted molar refractivity (Wildman–Crippen MR) is 180 cm³/mol. The van der Waals surface area contributed by atoms with Gasteiger partial charge in [-0.15, -0.1) is 0 Å². The van der Waals surface area contributed by atoms with E-state index in [-0.39, 0.29) is 30.9 Å². The summed E-state index contributed by atoms with van der Waals surface area (Å²) in [6.45, 7) is 6.74. The van der Waals surface area contributed by atoms with Crippen molar-refractivity contribution in [2.45, 2.75) is 59.4 Å². The van der Waals surface area contributed by atoms with E-state index in [9.17, 15) is 14.4 Å². The number of hydrogen-bond acceptors (Lipinski definition) is 6. The number of aryl methyl sites for hydroxylation is 2. The number of amides is 2. The largest absolute Gasteiger partial charge is 0.465 e. The number of nitrogens with zero attached hydrogens (tertiary/aromatic N) is 3. The van der Waals surface area contributed by atoms with E-state index in [0.717, 1.165) is 46.4 Å². The van der Waals surface area contributed by atoms with Crippen LogP contribution < -0.4 is 5.32 Å². The maximum Gasteiger partial charge on any atom is 0.337 e. The molecular formula is C38H40N4O5. The van der Waals surface area contributed by atoms with E-state index in [1.807, 2.05) is 85.8 Å². The second kappa shape index (κ2) is 15.3. The van der Waals surface area contributed by atoms with Crippen LogP contribution >= 0.6 is 0 Å². The topological polar surface area (TPSA) is 103 Å². The van der Waals surface area contributed by atoms with Gasteiger partial charge in [0.1, 0.15) is 18.5 Å². The van der Waals surface area contributed by atoms with E-state index >= 15 is 0 Å². The average Bonchev–Trinajstić information content (AvgIpc) is 3.44. The number of esters is 1. The van der Waals surface area contributed by atoms with Gasteiger partial charge in [0.05, 0.1) is 30.3 Å². The van der Waals surface area contributed by atoms with E-state index in [4.69, 9.17) is 14.6 Å². The zero-order valence-corrected chi connectivity index (χ0v) is 27.2. The number of hydroxylamine groups is 2. The molecule has 4 aromatic carbocycles. The summed E-state index contributed by atoms with van der Waals surface area (Å²) in [4.78, 5) is 50.0. The highest BCUT2D eigenvalue weighted by Crippen LogP contribution is 2.25. The minimum Gasteiger partial charge on any atom is -0.465 e. The molecule has 0 spiro atoms. The number of methoxy groups -OCH3 is 1. The summed E-state index contributed by atoms with van der Waals surface area (Å²) in [7, 11) is 1.36. The first-order valence-electron chi connectivity index (χ1n) is 15.8. The molecule has 1 heterocycles. The number of rotatable bonds is 13. The fraction of sp³-hybridized carbons (Fsp3) is 0.263. The Morgan fingerprint density at radius 2 is 1.53 bits per heavy atom. The Hall–Kier alpha value is -5.28. The first-order chi connectivity index (χ1) is 22.8. The van der Waals surface area contributed by atoms with Gasteiger partial charge in [-0.25, -0.2) is 14.8 Å². The van der Waals surface area contributed by atoms with Gasteiger partial charge in [0, 0.05) is 18.5 Å². The molecule has 1 N–H and O–H groups in total. The Balaban J connectivity index is 1.34. The van der Waals surface area contributed by atoms with Crippen LogP contribution in [0.15, 0.2) is 97.1 Å². The maximum atomic E-state index is 13.6. The lowest BCUT2D eigenvalue weighted by Crippen LogP contribution is -2.46. The van der Waals surface area contributed by atoms with Crippen molar-refractivity contribution < 1.29 is 24.0 Å². The highest BCUT2D eigenvalue weighted by Gasteiger charge is 2.25. The van der Waals surface area contributed by atoms with Crippen molar-refractivity contribution in [2.24, 2.45) is 0 Å². The van der Waals surface area contributed by atoms with E-state index < -0.39 is 6.04 Å². The maximum absolute atomic E-state index is 13.6. The number of aromatic nitrogens is 2. The summed E-state index contributed by atoms with van der Waals surface area (Å²) in [5.41, 5.74) is 6.30. The van der Waals surface area contributed by atoms with Gasteiger partial charge < -0.3 is 14.6 Å². The van der Waals surface area contributed by atoms with Crippen LogP contribution in [0.25, 0.3) is 11.0 Å². The zero-order valence-electron chi connectivity index (χ0n) is 27.2. The van der Waals surface area contributed by atoms with Crippen molar-refractivity contribution >= 4 is 28.8 Å². The van der Waals surface area contributed by atoms with E-state index in [1.165, 1.54) is 12.2 Å². The van der Waals surface area contributed by atoms with E-state index in [2.05, 4.69) is 16.8 Å². The Morgan fingerprint density at radius 1 is 0.872 bits per heavy atom. The molecule has 0 fully saturated rings. The molecule has 0 aliphatic heterocycles. The Bertz CT molecular complexity index is 1840. The number of carbonyl (C=O) groups is 3. The molecule has 47 heavy (non-hydrogen) atoms. The van der Waals surface area contributed by atoms with Crippen molar-refractivity contribution in [1.82, 2.24) is 19.9 Å². The van der Waals surface area contributed by atoms with Crippen LogP contribution in [0.3, 0.4) is 0 Å². The van der Waals surface area contributed by atoms with Gasteiger partial charge in [-0.2, -0.15) is 0 Å². The number of ether oxygens (including phenoxy) is 1. The molecule has 5 aromatic rings. The lowest BCUT2D eigenvalue weighted by atomic mass is 10.1. The molecular weight excluding hydrogens is 592 g/mol. The summed E-state index contributed by atoms with van der Waals surface area (Å²) in [6, 6.07) is 29.3. The SMILES string of the molecule is CCCc1nc2cc(C(=O)N[C@H](C)C(=O)N(Cc3ccccc3)OCc3ccccc3)cc(C)c2n1Cc1ccc(C(=O)OC)cc1. The molecule has 1 aromatic heterocycles. The van der Waals surface area contributed by atoms with Crippen LogP contribution in [0.5, 0.6) is 0 Å². The lowest BCUT2D eigenvalue weighted by Gasteiger charge is -2.25. The first-order valence-corrected chi connectivity index (χ1v) is 15.8. The first kappa shape index (κ1) is 33.1. The van der Waals surface area contributed by atoms with Crippen LogP contribution in [0.1, 0.15) is 69.1 Å². The predicted octanol–water partition coefficient (Wildman–Crippen LogP) is 6.41. The third-order valence-corrected chi connectivity index (χ3v) is 7.93. The number of benzene rings is 4. The third-order valence-electron chi connectivity index (χ3n) is 7.93. The summed E-state index contributed by atoms with van der Waals surface area (Å²) in [5, 5.41) is 4.19. The molecule has 0 aliphatic carbocycles. The molecule has 2 amide bonds. The van der Waals surface area contributed by atoms with Crippen LogP contribution in [-0.4, -0.2) is 45.5 Å². The second-order valence-corrected chi connectivity index (χ2v) is 11.5. The summed E-state index contributed by atoms with van der Waals surface area (Å²) < 4.78 is 6.99. The molecule has 0 unspecified atom stereocenters. The fourth-order valence-electron chi connectivity index (χ4n) is 5.51. The fourth-order valence-corrected chi connectivity index (χ4v) is 5.51. The number of fused-ring (bicyclic) bond motifs is 1. The van der Waals surface area contributed by atoms with Gasteiger partial charge in [-0.05, 0) is 66.8 Å². The van der Waals surface area contributed by atoms with E-state index in [1.54, 1.807) is 25.1 Å². The molecule has 1 atom stereocenters.